The largest absolute Gasteiger partial charge is 0.481 e. The van der Waals surface area contributed by atoms with Crippen molar-refractivity contribution in [3.05, 3.63) is 59.8 Å². The van der Waals surface area contributed by atoms with Crippen LogP contribution in [0, 0.1) is 5.92 Å². The van der Waals surface area contributed by atoms with Crippen LogP contribution in [0.5, 0.6) is 5.88 Å². The molecule has 7 nitrogen and oxygen atoms in total. The van der Waals surface area contributed by atoms with Crippen LogP contribution in [-0.2, 0) is 22.7 Å². The molecule has 0 saturated heterocycles. The Morgan fingerprint density at radius 3 is 2.52 bits per heavy atom. The van der Waals surface area contributed by atoms with Crippen LogP contribution in [0.2, 0.25) is 0 Å². The second kappa shape index (κ2) is 10.2. The average Bonchev–Trinajstić information content (AvgIpc) is 2.69. The van der Waals surface area contributed by atoms with E-state index in [1.165, 1.54) is 7.11 Å². The molecule has 144 valence electrons. The second-order valence-electron chi connectivity index (χ2n) is 6.32. The first kappa shape index (κ1) is 20.2. The van der Waals surface area contributed by atoms with Gasteiger partial charge in [0.25, 0.3) is 0 Å². The Morgan fingerprint density at radius 1 is 1.11 bits per heavy atom. The lowest BCUT2D eigenvalue weighted by Crippen LogP contribution is -2.49. The number of alkyl carbamates (subject to hydrolysis) is 1. The molecule has 1 aromatic heterocycles. The standard InChI is InChI=1S/C20H25N3O4/c1-14(2)17(23-20(25)27-13-15-8-5-4-6-9-15)18(24)22-12-16-10-7-11-21-19(16)26-3/h4-11,14,17H,12-13H2,1-3H3,(H,22,24)(H,23,25)/t17-/m0/s1. The molecule has 0 radical (unpaired) electrons. The number of aromatic nitrogens is 1. The minimum absolute atomic E-state index is 0.106. The van der Waals surface area contributed by atoms with Gasteiger partial charge in [-0.1, -0.05) is 50.2 Å². The molecule has 2 rings (SSSR count). The highest BCUT2D eigenvalue weighted by molar-refractivity contribution is 5.85. The molecule has 1 heterocycles. The molecule has 7 heteroatoms. The zero-order chi connectivity index (χ0) is 19.6. The number of nitrogens with zero attached hydrogens (tertiary/aromatic N) is 1. The van der Waals surface area contributed by atoms with Gasteiger partial charge >= 0.3 is 6.09 Å². The predicted octanol–water partition coefficient (Wildman–Crippen LogP) is 2.66. The third-order valence-electron chi connectivity index (χ3n) is 3.93. The van der Waals surface area contributed by atoms with Gasteiger partial charge in [0.2, 0.25) is 11.8 Å². The highest BCUT2D eigenvalue weighted by atomic mass is 16.5. The van der Waals surface area contributed by atoms with Gasteiger partial charge in [-0.25, -0.2) is 9.78 Å². The van der Waals surface area contributed by atoms with Crippen LogP contribution < -0.4 is 15.4 Å². The van der Waals surface area contributed by atoms with Crippen LogP contribution in [0.15, 0.2) is 48.7 Å². The fourth-order valence-corrected chi connectivity index (χ4v) is 2.46. The van der Waals surface area contributed by atoms with Gasteiger partial charge in [0.05, 0.1) is 7.11 Å². The lowest BCUT2D eigenvalue weighted by molar-refractivity contribution is -0.124. The van der Waals surface area contributed by atoms with Crippen molar-refractivity contribution in [3.63, 3.8) is 0 Å². The smallest absolute Gasteiger partial charge is 0.408 e. The van der Waals surface area contributed by atoms with Crippen LogP contribution in [0.4, 0.5) is 4.79 Å². The van der Waals surface area contributed by atoms with Crippen LogP contribution in [0.25, 0.3) is 0 Å². The third-order valence-corrected chi connectivity index (χ3v) is 3.93. The first-order valence-corrected chi connectivity index (χ1v) is 8.74. The number of ether oxygens (including phenoxy) is 2. The molecule has 0 bridgehead atoms. The van der Waals surface area contributed by atoms with Crippen LogP contribution in [0.1, 0.15) is 25.0 Å². The topological polar surface area (TPSA) is 89.5 Å². The molecule has 1 atom stereocenters. The number of pyridine rings is 1. The highest BCUT2D eigenvalue weighted by Gasteiger charge is 2.25. The van der Waals surface area contributed by atoms with E-state index >= 15 is 0 Å². The predicted molar refractivity (Wildman–Crippen MR) is 101 cm³/mol. The summed E-state index contributed by atoms with van der Waals surface area (Å²) in [5.74, 6) is 0.0479. The Kier molecular flexibility index (Phi) is 7.61. The van der Waals surface area contributed by atoms with Gasteiger partial charge in [-0.2, -0.15) is 0 Å². The Hall–Kier alpha value is -3.09. The summed E-state index contributed by atoms with van der Waals surface area (Å²) in [5.41, 5.74) is 1.63. The van der Waals surface area contributed by atoms with Crippen molar-refractivity contribution in [3.8, 4) is 5.88 Å². The Balaban J connectivity index is 1.89. The number of amides is 2. The van der Waals surface area contributed by atoms with Crippen molar-refractivity contribution in [2.75, 3.05) is 7.11 Å². The zero-order valence-electron chi connectivity index (χ0n) is 15.8. The van der Waals surface area contributed by atoms with E-state index in [9.17, 15) is 9.59 Å². The first-order valence-electron chi connectivity index (χ1n) is 8.74. The van der Waals surface area contributed by atoms with Crippen molar-refractivity contribution in [1.82, 2.24) is 15.6 Å². The van der Waals surface area contributed by atoms with Crippen LogP contribution in [0.3, 0.4) is 0 Å². The van der Waals surface area contributed by atoms with Crippen LogP contribution in [-0.4, -0.2) is 30.1 Å². The van der Waals surface area contributed by atoms with E-state index in [0.717, 1.165) is 11.1 Å². The third kappa shape index (κ3) is 6.29. The minimum Gasteiger partial charge on any atom is -0.481 e. The first-order chi connectivity index (χ1) is 13.0. The molecule has 0 aliphatic heterocycles. The maximum absolute atomic E-state index is 12.5. The Labute approximate surface area is 159 Å². The fourth-order valence-electron chi connectivity index (χ4n) is 2.46. The van der Waals surface area contributed by atoms with Crippen molar-refractivity contribution >= 4 is 12.0 Å². The number of carbonyl (C=O) groups excluding carboxylic acids is 2. The van der Waals surface area contributed by atoms with Gasteiger partial charge in [0.1, 0.15) is 12.6 Å². The molecule has 0 fully saturated rings. The summed E-state index contributed by atoms with van der Waals surface area (Å²) in [6.07, 6.45) is 0.984. The molecule has 0 saturated carbocycles. The highest BCUT2D eigenvalue weighted by Crippen LogP contribution is 2.13. The summed E-state index contributed by atoms with van der Waals surface area (Å²) in [4.78, 5) is 28.7. The molecule has 2 amide bonds. The van der Waals surface area contributed by atoms with Crippen molar-refractivity contribution < 1.29 is 19.1 Å². The second-order valence-corrected chi connectivity index (χ2v) is 6.32. The summed E-state index contributed by atoms with van der Waals surface area (Å²) in [5, 5.41) is 5.44. The van der Waals surface area contributed by atoms with Gasteiger partial charge in [-0.3, -0.25) is 4.79 Å². The molecule has 0 spiro atoms. The number of hydrogen-bond donors (Lipinski definition) is 2. The fraction of sp³-hybridized carbons (Fsp3) is 0.350. The summed E-state index contributed by atoms with van der Waals surface area (Å²) in [6.45, 7) is 4.10. The molecule has 2 aromatic rings. The maximum Gasteiger partial charge on any atom is 0.408 e. The lowest BCUT2D eigenvalue weighted by atomic mass is 10.0. The molecular formula is C20H25N3O4. The summed E-state index contributed by atoms with van der Waals surface area (Å²) >= 11 is 0. The van der Waals surface area contributed by atoms with Gasteiger partial charge in [0.15, 0.2) is 0 Å². The average molecular weight is 371 g/mol. The lowest BCUT2D eigenvalue weighted by Gasteiger charge is -2.21. The minimum atomic E-state index is -0.712. The summed E-state index contributed by atoms with van der Waals surface area (Å²) in [6, 6.07) is 12.2. The number of benzene rings is 1. The van der Waals surface area contributed by atoms with E-state index in [4.69, 9.17) is 9.47 Å². The van der Waals surface area contributed by atoms with Crippen molar-refractivity contribution in [2.45, 2.75) is 33.0 Å². The number of rotatable bonds is 8. The number of carbonyl (C=O) groups is 2. The molecule has 0 aliphatic rings. The normalized spacial score (nSPS) is 11.6. The molecule has 27 heavy (non-hydrogen) atoms. The molecular weight excluding hydrogens is 346 g/mol. The van der Waals surface area contributed by atoms with E-state index in [-0.39, 0.29) is 25.0 Å². The van der Waals surface area contributed by atoms with Crippen LogP contribution >= 0.6 is 0 Å². The van der Waals surface area contributed by atoms with Gasteiger partial charge in [0, 0.05) is 18.3 Å². The Bertz CT molecular complexity index is 750. The number of nitrogens with one attached hydrogen (secondary N) is 2. The monoisotopic (exact) mass is 371 g/mol. The number of methoxy groups -OCH3 is 1. The van der Waals surface area contributed by atoms with Gasteiger partial charge in [-0.05, 0) is 17.5 Å². The van der Waals surface area contributed by atoms with Crippen molar-refractivity contribution in [2.24, 2.45) is 5.92 Å². The Morgan fingerprint density at radius 2 is 1.85 bits per heavy atom. The zero-order valence-corrected chi connectivity index (χ0v) is 15.8. The van der Waals surface area contributed by atoms with E-state index in [2.05, 4.69) is 15.6 Å². The molecule has 0 unspecified atom stereocenters. The number of hydrogen-bond acceptors (Lipinski definition) is 5. The molecule has 2 N–H and O–H groups in total. The SMILES string of the molecule is COc1ncccc1CNC(=O)[C@@H](NC(=O)OCc1ccccc1)C(C)C. The van der Waals surface area contributed by atoms with Crippen molar-refractivity contribution in [1.29, 1.82) is 0 Å². The van der Waals surface area contributed by atoms with Gasteiger partial charge < -0.3 is 20.1 Å². The van der Waals surface area contributed by atoms with E-state index in [0.29, 0.717) is 5.88 Å². The summed E-state index contributed by atoms with van der Waals surface area (Å²) < 4.78 is 10.4. The van der Waals surface area contributed by atoms with E-state index < -0.39 is 12.1 Å². The van der Waals surface area contributed by atoms with E-state index in [1.807, 2.05) is 50.2 Å². The maximum atomic E-state index is 12.5. The van der Waals surface area contributed by atoms with E-state index in [1.54, 1.807) is 12.3 Å². The van der Waals surface area contributed by atoms with Gasteiger partial charge in [-0.15, -0.1) is 0 Å². The molecule has 0 aliphatic carbocycles. The quantitative estimate of drug-likeness (QED) is 0.745. The molecule has 1 aromatic carbocycles. The summed E-state index contributed by atoms with van der Waals surface area (Å²) in [7, 11) is 1.52.